The highest BCUT2D eigenvalue weighted by molar-refractivity contribution is 6.42. The lowest BCUT2D eigenvalue weighted by Gasteiger charge is -2.19. The molecule has 0 N–H and O–H groups in total. The largest absolute Gasteiger partial charge is 0.358 e. The van der Waals surface area contributed by atoms with E-state index in [1.165, 1.54) is 12.8 Å². The molecule has 15 heavy (non-hydrogen) atoms. The molecule has 1 heterocycles. The average Bonchev–Trinajstić information content (AvgIpc) is 2.95. The normalized spacial score (nSPS) is 15.5. The van der Waals surface area contributed by atoms with Crippen molar-refractivity contribution in [2.75, 3.05) is 18.5 Å². The van der Waals surface area contributed by atoms with Crippen LogP contribution in [0, 0.1) is 5.92 Å². The van der Waals surface area contributed by atoms with Gasteiger partial charge in [-0.3, -0.25) is 0 Å². The molecule has 0 radical (unpaired) electrons. The molecule has 0 amide bonds. The van der Waals surface area contributed by atoms with Crippen LogP contribution < -0.4 is 4.90 Å². The van der Waals surface area contributed by atoms with Gasteiger partial charge >= 0.3 is 0 Å². The van der Waals surface area contributed by atoms with Gasteiger partial charge in [-0.2, -0.15) is 0 Å². The number of anilines is 1. The van der Waals surface area contributed by atoms with Crippen LogP contribution >= 0.6 is 34.8 Å². The molecule has 1 aliphatic carbocycles. The molecule has 0 aromatic carbocycles. The number of pyridine rings is 1. The van der Waals surface area contributed by atoms with Crippen LogP contribution in [0.2, 0.25) is 15.2 Å². The lowest BCUT2D eigenvalue weighted by Crippen LogP contribution is -2.21. The lowest BCUT2D eigenvalue weighted by atomic mass is 10.3. The summed E-state index contributed by atoms with van der Waals surface area (Å²) < 4.78 is 0. The highest BCUT2D eigenvalue weighted by Crippen LogP contribution is 2.34. The van der Waals surface area contributed by atoms with Gasteiger partial charge in [0.05, 0.1) is 10.0 Å². The van der Waals surface area contributed by atoms with Crippen LogP contribution in [0.25, 0.3) is 0 Å². The first-order chi connectivity index (χ1) is 7.08. The summed E-state index contributed by atoms with van der Waals surface area (Å²) in [6, 6.07) is 1.64. The highest BCUT2D eigenvalue weighted by atomic mass is 35.5. The number of nitrogens with zero attached hydrogens (tertiary/aromatic N) is 2. The third kappa shape index (κ3) is 2.68. The second-order valence-electron chi connectivity index (χ2n) is 3.89. The minimum absolute atomic E-state index is 0.304. The summed E-state index contributed by atoms with van der Waals surface area (Å²) in [4.78, 5) is 6.21. The zero-order valence-corrected chi connectivity index (χ0v) is 10.6. The molecular weight excluding hydrogens is 254 g/mol. The second-order valence-corrected chi connectivity index (χ2v) is 5.06. The van der Waals surface area contributed by atoms with Crippen molar-refractivity contribution in [1.29, 1.82) is 0 Å². The van der Waals surface area contributed by atoms with E-state index in [-0.39, 0.29) is 0 Å². The van der Waals surface area contributed by atoms with Crippen molar-refractivity contribution in [1.82, 2.24) is 4.98 Å². The van der Waals surface area contributed by atoms with Crippen LogP contribution in [0.15, 0.2) is 6.07 Å². The van der Waals surface area contributed by atoms with Crippen LogP contribution in [0.1, 0.15) is 12.8 Å². The summed E-state index contributed by atoms with van der Waals surface area (Å²) in [6.45, 7) is 0.977. The van der Waals surface area contributed by atoms with Gasteiger partial charge in [0.25, 0.3) is 0 Å². The highest BCUT2D eigenvalue weighted by Gasteiger charge is 2.24. The maximum absolute atomic E-state index is 6.05. The van der Waals surface area contributed by atoms with Crippen LogP contribution in [-0.4, -0.2) is 18.6 Å². The number of hydrogen-bond acceptors (Lipinski definition) is 2. The SMILES string of the molecule is CN(CC1CC1)c1nc(Cl)c(Cl)cc1Cl. The summed E-state index contributed by atoms with van der Waals surface area (Å²) in [5, 5.41) is 1.25. The molecule has 0 unspecified atom stereocenters. The van der Waals surface area contributed by atoms with Gasteiger partial charge in [0.2, 0.25) is 0 Å². The van der Waals surface area contributed by atoms with Gasteiger partial charge in [-0.05, 0) is 24.8 Å². The number of hydrogen-bond donors (Lipinski definition) is 0. The van der Waals surface area contributed by atoms with E-state index in [9.17, 15) is 0 Å². The summed E-state index contributed by atoms with van der Waals surface area (Å²) in [5.74, 6) is 1.49. The quantitative estimate of drug-likeness (QED) is 0.771. The van der Waals surface area contributed by atoms with Crippen molar-refractivity contribution in [3.05, 3.63) is 21.3 Å². The number of aromatic nitrogens is 1. The Hall–Kier alpha value is -0.180. The van der Waals surface area contributed by atoms with Gasteiger partial charge in [0, 0.05) is 13.6 Å². The van der Waals surface area contributed by atoms with E-state index < -0.39 is 0 Å². The summed E-state index contributed by atoms with van der Waals surface area (Å²) >= 11 is 17.7. The Morgan fingerprint density at radius 1 is 1.33 bits per heavy atom. The van der Waals surface area contributed by atoms with Gasteiger partial charge in [0.15, 0.2) is 0 Å². The van der Waals surface area contributed by atoms with Crippen molar-refractivity contribution in [3.63, 3.8) is 0 Å². The standard InChI is InChI=1S/C10H11Cl3N2/c1-15(5-6-2-3-6)10-8(12)4-7(11)9(13)14-10/h4,6H,2-3,5H2,1H3. The van der Waals surface area contributed by atoms with Gasteiger partial charge < -0.3 is 4.90 Å². The first-order valence-corrected chi connectivity index (χ1v) is 5.94. The Kier molecular flexibility index (Phi) is 3.29. The molecule has 1 saturated carbocycles. The molecule has 0 spiro atoms. The first kappa shape index (κ1) is 11.3. The predicted octanol–water partition coefficient (Wildman–Crippen LogP) is 3.89. The molecule has 1 fully saturated rings. The molecule has 1 aromatic rings. The Morgan fingerprint density at radius 2 is 2.00 bits per heavy atom. The van der Waals surface area contributed by atoms with E-state index in [0.29, 0.717) is 21.0 Å². The second kappa shape index (κ2) is 4.36. The Balaban J connectivity index is 2.21. The van der Waals surface area contributed by atoms with Crippen LogP contribution in [0.3, 0.4) is 0 Å². The Bertz CT molecular complexity index is 377. The summed E-state index contributed by atoms with van der Waals surface area (Å²) in [6.07, 6.45) is 2.59. The molecule has 2 nitrogen and oxygen atoms in total. The molecule has 1 aliphatic rings. The fraction of sp³-hybridized carbons (Fsp3) is 0.500. The van der Waals surface area contributed by atoms with Crippen LogP contribution in [0.5, 0.6) is 0 Å². The smallest absolute Gasteiger partial charge is 0.150 e. The predicted molar refractivity (Wildman–Crippen MR) is 65.3 cm³/mol. The van der Waals surface area contributed by atoms with Gasteiger partial charge in [0.1, 0.15) is 11.0 Å². The minimum atomic E-state index is 0.304. The van der Waals surface area contributed by atoms with Crippen molar-refractivity contribution in [2.24, 2.45) is 5.92 Å². The van der Waals surface area contributed by atoms with Gasteiger partial charge in [-0.1, -0.05) is 34.8 Å². The lowest BCUT2D eigenvalue weighted by molar-refractivity contribution is 0.777. The maximum atomic E-state index is 6.05. The topological polar surface area (TPSA) is 16.1 Å². The van der Waals surface area contributed by atoms with E-state index in [1.54, 1.807) is 6.07 Å². The third-order valence-electron chi connectivity index (χ3n) is 2.46. The third-order valence-corrected chi connectivity index (χ3v) is 3.41. The molecule has 82 valence electrons. The molecule has 5 heteroatoms. The van der Waals surface area contributed by atoms with Crippen LogP contribution in [0.4, 0.5) is 5.82 Å². The molecule has 0 saturated heterocycles. The molecule has 2 rings (SSSR count). The average molecular weight is 266 g/mol. The summed E-state index contributed by atoms with van der Waals surface area (Å²) in [5.41, 5.74) is 0. The van der Waals surface area contributed by atoms with Crippen molar-refractivity contribution >= 4 is 40.6 Å². The van der Waals surface area contributed by atoms with Crippen molar-refractivity contribution in [3.8, 4) is 0 Å². The zero-order chi connectivity index (χ0) is 11.0. The van der Waals surface area contributed by atoms with Crippen LogP contribution in [-0.2, 0) is 0 Å². The molecule has 0 bridgehead atoms. The van der Waals surface area contributed by atoms with Crippen molar-refractivity contribution < 1.29 is 0 Å². The number of halogens is 3. The fourth-order valence-corrected chi connectivity index (χ4v) is 2.11. The molecule has 1 aromatic heterocycles. The van der Waals surface area contributed by atoms with E-state index >= 15 is 0 Å². The minimum Gasteiger partial charge on any atom is -0.358 e. The van der Waals surface area contributed by atoms with E-state index in [2.05, 4.69) is 4.98 Å². The zero-order valence-electron chi connectivity index (χ0n) is 8.30. The molecule has 0 atom stereocenters. The van der Waals surface area contributed by atoms with Gasteiger partial charge in [-0.15, -0.1) is 0 Å². The van der Waals surface area contributed by atoms with E-state index in [4.69, 9.17) is 34.8 Å². The summed E-state index contributed by atoms with van der Waals surface area (Å²) in [7, 11) is 1.97. The molecule has 0 aliphatic heterocycles. The monoisotopic (exact) mass is 264 g/mol. The first-order valence-electron chi connectivity index (χ1n) is 4.80. The molecular formula is C10H11Cl3N2. The fourth-order valence-electron chi connectivity index (χ4n) is 1.48. The van der Waals surface area contributed by atoms with Gasteiger partial charge in [-0.25, -0.2) is 4.98 Å². The Morgan fingerprint density at radius 3 is 2.60 bits per heavy atom. The Labute approximate surface area is 104 Å². The van der Waals surface area contributed by atoms with E-state index in [1.807, 2.05) is 11.9 Å². The van der Waals surface area contributed by atoms with Crippen molar-refractivity contribution in [2.45, 2.75) is 12.8 Å². The maximum Gasteiger partial charge on any atom is 0.150 e. The number of rotatable bonds is 3. The van der Waals surface area contributed by atoms with E-state index in [0.717, 1.165) is 12.5 Å².